The summed E-state index contributed by atoms with van der Waals surface area (Å²) in [5.74, 6) is 0. The molecule has 0 bridgehead atoms. The molecule has 0 fully saturated rings. The van der Waals surface area contributed by atoms with Crippen LogP contribution in [0.15, 0.2) is 0 Å². The van der Waals surface area contributed by atoms with Crippen molar-refractivity contribution in [3.05, 3.63) is 0 Å². The molecule has 0 spiro atoms. The smallest absolute Gasteiger partial charge is 0.198 e. The van der Waals surface area contributed by atoms with Gasteiger partial charge in [0.05, 0.1) is 6.10 Å². The molecule has 2 nitrogen and oxygen atoms in total. The van der Waals surface area contributed by atoms with Gasteiger partial charge in [0.25, 0.3) is 0 Å². The minimum atomic E-state index is -0.130. The van der Waals surface area contributed by atoms with Crippen LogP contribution in [0.4, 0.5) is 0 Å². The Labute approximate surface area is 100 Å². The first kappa shape index (κ1) is 15.6. The summed E-state index contributed by atoms with van der Waals surface area (Å²) in [6.07, 6.45) is 14.5. The van der Waals surface area contributed by atoms with E-state index in [1.54, 1.807) is 0 Å². The molecule has 0 aromatic carbocycles. The maximum Gasteiger partial charge on any atom is 0.198 e. The number of hydrogen-bond donors (Lipinski definition) is 1. The lowest BCUT2D eigenvalue weighted by molar-refractivity contribution is 0.180. The van der Waals surface area contributed by atoms with E-state index in [2.05, 4.69) is 0 Å². The average molecular weight is 227 g/mol. The lowest BCUT2D eigenvalue weighted by Gasteiger charge is -2.03. The summed E-state index contributed by atoms with van der Waals surface area (Å²) in [5, 5.41) is 9.07. The summed E-state index contributed by atoms with van der Waals surface area (Å²) < 4.78 is 0. The second kappa shape index (κ2) is 12.7. The van der Waals surface area contributed by atoms with Gasteiger partial charge in [0.1, 0.15) is 0 Å². The lowest BCUT2D eigenvalue weighted by atomic mass is 10.1. The summed E-state index contributed by atoms with van der Waals surface area (Å²) in [4.78, 5) is 9.95. The monoisotopic (exact) mass is 227 g/mol. The van der Waals surface area contributed by atoms with E-state index in [0.29, 0.717) is 6.42 Å². The predicted octanol–water partition coefficient (Wildman–Crippen LogP) is 3.77. The highest BCUT2D eigenvalue weighted by atomic mass is 16.3. The third kappa shape index (κ3) is 13.6. The van der Waals surface area contributed by atoms with Gasteiger partial charge in [-0.25, -0.2) is 0 Å². The summed E-state index contributed by atoms with van der Waals surface area (Å²) in [6, 6.07) is 0. The van der Waals surface area contributed by atoms with E-state index in [0.717, 1.165) is 19.3 Å². The number of carbonyl (C=O) groups excluding carboxylic acids is 1. The lowest BCUT2D eigenvalue weighted by Crippen LogP contribution is -1.98. The van der Waals surface area contributed by atoms with Crippen LogP contribution in [0.1, 0.15) is 77.6 Å². The maximum atomic E-state index is 9.95. The van der Waals surface area contributed by atoms with E-state index >= 15 is 0 Å². The van der Waals surface area contributed by atoms with Crippen molar-refractivity contribution in [2.45, 2.75) is 83.7 Å². The minimum absolute atomic E-state index is 0.130. The zero-order valence-electron chi connectivity index (χ0n) is 10.7. The Bertz CT molecular complexity index is 144. The van der Waals surface area contributed by atoms with Crippen molar-refractivity contribution in [1.29, 1.82) is 0 Å². The van der Waals surface area contributed by atoms with Crippen LogP contribution in [0.5, 0.6) is 0 Å². The molecule has 1 unspecified atom stereocenters. The van der Waals surface area contributed by atoms with Crippen molar-refractivity contribution in [3.8, 4) is 0 Å². The number of aliphatic hydroxyl groups excluding tert-OH is 1. The van der Waals surface area contributed by atoms with Crippen LogP contribution in [0.25, 0.3) is 0 Å². The molecule has 95 valence electrons. The first-order valence-electron chi connectivity index (χ1n) is 6.80. The fourth-order valence-electron chi connectivity index (χ4n) is 1.87. The van der Waals surface area contributed by atoms with Crippen molar-refractivity contribution < 1.29 is 9.90 Å². The van der Waals surface area contributed by atoms with Gasteiger partial charge in [-0.3, -0.25) is 4.79 Å². The molecule has 0 aliphatic carbocycles. The van der Waals surface area contributed by atoms with E-state index in [9.17, 15) is 4.79 Å². The predicted molar refractivity (Wildman–Crippen MR) is 68.2 cm³/mol. The molecule has 0 aromatic rings. The van der Waals surface area contributed by atoms with Crippen molar-refractivity contribution >= 4 is 6.29 Å². The summed E-state index contributed by atoms with van der Waals surface area (Å²) in [6.45, 7) is 1.86. The van der Waals surface area contributed by atoms with Gasteiger partial charge in [-0.2, -0.15) is 0 Å². The van der Waals surface area contributed by atoms with Gasteiger partial charge in [-0.15, -0.1) is 0 Å². The van der Waals surface area contributed by atoms with E-state index in [4.69, 9.17) is 5.11 Å². The van der Waals surface area contributed by atoms with Crippen LogP contribution < -0.4 is 0 Å². The van der Waals surface area contributed by atoms with E-state index < -0.39 is 0 Å². The summed E-state index contributed by atoms with van der Waals surface area (Å²) in [7, 11) is 0. The second-order valence-corrected chi connectivity index (χ2v) is 4.71. The van der Waals surface area contributed by atoms with Crippen molar-refractivity contribution in [3.63, 3.8) is 0 Å². The molecule has 0 saturated heterocycles. The number of rotatable bonds is 12. The fraction of sp³-hybridized carbons (Fsp3) is 0.929. The van der Waals surface area contributed by atoms with Gasteiger partial charge < -0.3 is 5.11 Å². The highest BCUT2D eigenvalue weighted by molar-refractivity contribution is 5.50. The SMILES string of the molecule is CC(O)CCCCCCCCCCC[C]=O. The van der Waals surface area contributed by atoms with Gasteiger partial charge in [0.2, 0.25) is 0 Å². The molecule has 0 amide bonds. The summed E-state index contributed by atoms with van der Waals surface area (Å²) >= 11 is 0. The van der Waals surface area contributed by atoms with Gasteiger partial charge in [-0.05, 0) is 19.8 Å². The highest BCUT2D eigenvalue weighted by Gasteiger charge is 1.96. The van der Waals surface area contributed by atoms with E-state index in [-0.39, 0.29) is 6.10 Å². The zero-order chi connectivity index (χ0) is 12.1. The topological polar surface area (TPSA) is 37.3 Å². The molecule has 16 heavy (non-hydrogen) atoms. The quantitative estimate of drug-likeness (QED) is 0.515. The molecule has 0 heterocycles. The Kier molecular flexibility index (Phi) is 12.4. The van der Waals surface area contributed by atoms with Crippen molar-refractivity contribution in [2.75, 3.05) is 0 Å². The van der Waals surface area contributed by atoms with E-state index in [1.165, 1.54) is 44.9 Å². The molecular weight excluding hydrogens is 200 g/mol. The zero-order valence-corrected chi connectivity index (χ0v) is 10.7. The number of aliphatic hydroxyl groups is 1. The highest BCUT2D eigenvalue weighted by Crippen LogP contribution is 2.11. The van der Waals surface area contributed by atoms with Gasteiger partial charge >= 0.3 is 0 Å². The van der Waals surface area contributed by atoms with Crippen molar-refractivity contribution in [1.82, 2.24) is 0 Å². The Morgan fingerprint density at radius 2 is 1.31 bits per heavy atom. The molecule has 1 atom stereocenters. The molecule has 1 N–H and O–H groups in total. The Morgan fingerprint density at radius 1 is 0.875 bits per heavy atom. The molecule has 0 rings (SSSR count). The first-order chi connectivity index (χ1) is 7.77. The normalized spacial score (nSPS) is 12.6. The largest absolute Gasteiger partial charge is 0.393 e. The van der Waals surface area contributed by atoms with Crippen LogP contribution in [-0.2, 0) is 4.79 Å². The third-order valence-electron chi connectivity index (χ3n) is 2.90. The number of unbranched alkanes of at least 4 members (excludes halogenated alkanes) is 9. The average Bonchev–Trinajstić information content (AvgIpc) is 2.25. The number of hydrogen-bond acceptors (Lipinski definition) is 2. The van der Waals surface area contributed by atoms with E-state index in [1.807, 2.05) is 13.2 Å². The molecular formula is C14H27O2. The third-order valence-corrected chi connectivity index (χ3v) is 2.90. The molecule has 1 radical (unpaired) electrons. The second-order valence-electron chi connectivity index (χ2n) is 4.71. The van der Waals surface area contributed by atoms with Crippen LogP contribution >= 0.6 is 0 Å². The summed E-state index contributed by atoms with van der Waals surface area (Å²) in [5.41, 5.74) is 0. The molecule has 0 aliphatic rings. The van der Waals surface area contributed by atoms with Gasteiger partial charge in [0.15, 0.2) is 6.29 Å². The molecule has 0 aliphatic heterocycles. The van der Waals surface area contributed by atoms with Crippen molar-refractivity contribution in [2.24, 2.45) is 0 Å². The van der Waals surface area contributed by atoms with Crippen LogP contribution in [0.3, 0.4) is 0 Å². The minimum Gasteiger partial charge on any atom is -0.393 e. The molecule has 2 heteroatoms. The Balaban J connectivity index is 2.90. The molecule has 0 aromatic heterocycles. The maximum absolute atomic E-state index is 9.95. The Hall–Kier alpha value is -0.370. The standard InChI is InChI=1S/C14H27O2/c1-14(16)12-10-8-6-4-2-3-5-7-9-11-13-15/h14,16H,2-12H2,1H3. The van der Waals surface area contributed by atoms with Gasteiger partial charge in [-0.1, -0.05) is 51.4 Å². The Morgan fingerprint density at radius 3 is 1.75 bits per heavy atom. The van der Waals surface area contributed by atoms with Crippen LogP contribution in [-0.4, -0.2) is 17.5 Å². The van der Waals surface area contributed by atoms with Gasteiger partial charge in [0, 0.05) is 6.42 Å². The molecule has 0 saturated carbocycles. The first-order valence-corrected chi connectivity index (χ1v) is 6.80. The fourth-order valence-corrected chi connectivity index (χ4v) is 1.87. The van der Waals surface area contributed by atoms with Crippen LogP contribution in [0.2, 0.25) is 0 Å². The van der Waals surface area contributed by atoms with Crippen LogP contribution in [0, 0.1) is 0 Å².